The fourth-order valence-corrected chi connectivity index (χ4v) is 4.96. The van der Waals surface area contributed by atoms with E-state index in [0.717, 1.165) is 23.1 Å². The molecular weight excluding hydrogens is 348 g/mol. The lowest BCUT2D eigenvalue weighted by Crippen LogP contribution is -2.45. The van der Waals surface area contributed by atoms with Crippen molar-refractivity contribution in [3.8, 4) is 0 Å². The Kier molecular flexibility index (Phi) is 4.34. The van der Waals surface area contributed by atoms with Gasteiger partial charge in [-0.2, -0.15) is 5.10 Å². The molecule has 3 aromatic rings. The third-order valence-corrected chi connectivity index (χ3v) is 6.74. The van der Waals surface area contributed by atoms with E-state index in [-0.39, 0.29) is 24.1 Å². The Bertz CT molecular complexity index is 1030. The van der Waals surface area contributed by atoms with Crippen LogP contribution < -0.4 is 10.9 Å². The minimum absolute atomic E-state index is 0.0369. The van der Waals surface area contributed by atoms with E-state index in [0.29, 0.717) is 17.4 Å². The van der Waals surface area contributed by atoms with Gasteiger partial charge in [0, 0.05) is 10.9 Å². The van der Waals surface area contributed by atoms with E-state index in [1.165, 1.54) is 16.0 Å². The normalized spacial score (nSPS) is 23.6. The lowest BCUT2D eigenvalue weighted by Gasteiger charge is -2.34. The fourth-order valence-electron chi connectivity index (χ4n) is 4.01. The minimum Gasteiger partial charge on any atom is -0.351 e. The number of rotatable bonds is 3. The molecule has 7 heteroatoms. The van der Waals surface area contributed by atoms with Crippen molar-refractivity contribution in [2.24, 2.45) is 11.8 Å². The SMILES string of the molecule is Cc1cc2c(cc3c(=O)n(CC(=O)NC4CCCC(C)C4C)ncn32)s1. The summed E-state index contributed by atoms with van der Waals surface area (Å²) in [5, 5.41) is 7.32. The third kappa shape index (κ3) is 2.94. The molecule has 6 nitrogen and oxygen atoms in total. The molecule has 0 aromatic carbocycles. The van der Waals surface area contributed by atoms with Crippen LogP contribution >= 0.6 is 11.3 Å². The number of carbonyl (C=O) groups excluding carboxylic acids is 1. The molecule has 0 aliphatic heterocycles. The maximum absolute atomic E-state index is 12.7. The van der Waals surface area contributed by atoms with E-state index >= 15 is 0 Å². The van der Waals surface area contributed by atoms with Crippen LogP contribution in [-0.2, 0) is 11.3 Å². The van der Waals surface area contributed by atoms with Crippen LogP contribution in [0, 0.1) is 18.8 Å². The van der Waals surface area contributed by atoms with Crippen LogP contribution in [0.5, 0.6) is 0 Å². The second kappa shape index (κ2) is 6.54. The fraction of sp³-hybridized carbons (Fsp3) is 0.526. The zero-order valence-corrected chi connectivity index (χ0v) is 16.2. The number of amides is 1. The van der Waals surface area contributed by atoms with Crippen LogP contribution in [0.2, 0.25) is 0 Å². The van der Waals surface area contributed by atoms with Crippen LogP contribution in [0.1, 0.15) is 38.0 Å². The number of thiophene rings is 1. The van der Waals surface area contributed by atoms with E-state index in [4.69, 9.17) is 0 Å². The number of nitrogens with zero attached hydrogens (tertiary/aromatic N) is 3. The summed E-state index contributed by atoms with van der Waals surface area (Å²) in [6, 6.07) is 4.12. The van der Waals surface area contributed by atoms with Crippen molar-refractivity contribution >= 4 is 33.0 Å². The summed E-state index contributed by atoms with van der Waals surface area (Å²) in [6.45, 7) is 6.44. The number of hydrogen-bond donors (Lipinski definition) is 1. The molecule has 138 valence electrons. The van der Waals surface area contributed by atoms with Crippen LogP contribution in [0.3, 0.4) is 0 Å². The highest BCUT2D eigenvalue weighted by Gasteiger charge is 2.28. The quantitative estimate of drug-likeness (QED) is 0.768. The van der Waals surface area contributed by atoms with Gasteiger partial charge in [0.1, 0.15) is 18.4 Å². The first-order chi connectivity index (χ1) is 12.4. The average molecular weight is 372 g/mol. The maximum Gasteiger partial charge on any atom is 0.291 e. The molecule has 1 N–H and O–H groups in total. The van der Waals surface area contributed by atoms with E-state index < -0.39 is 0 Å². The number of aryl methyl sites for hydroxylation is 1. The predicted octanol–water partition coefficient (Wildman–Crippen LogP) is 2.96. The van der Waals surface area contributed by atoms with Gasteiger partial charge in [-0.25, -0.2) is 4.68 Å². The molecule has 1 amide bonds. The summed E-state index contributed by atoms with van der Waals surface area (Å²) in [5.41, 5.74) is 1.33. The van der Waals surface area contributed by atoms with Gasteiger partial charge in [0.25, 0.3) is 5.56 Å². The van der Waals surface area contributed by atoms with Crippen molar-refractivity contribution in [3.05, 3.63) is 33.7 Å². The number of hydrogen-bond acceptors (Lipinski definition) is 4. The zero-order chi connectivity index (χ0) is 18.4. The molecule has 0 radical (unpaired) electrons. The zero-order valence-electron chi connectivity index (χ0n) is 15.4. The van der Waals surface area contributed by atoms with E-state index in [1.807, 2.05) is 13.0 Å². The van der Waals surface area contributed by atoms with Crippen molar-refractivity contribution < 1.29 is 4.79 Å². The molecule has 1 fully saturated rings. The smallest absolute Gasteiger partial charge is 0.291 e. The molecule has 3 unspecified atom stereocenters. The van der Waals surface area contributed by atoms with Gasteiger partial charge in [-0.15, -0.1) is 11.3 Å². The van der Waals surface area contributed by atoms with Crippen molar-refractivity contribution in [2.45, 2.75) is 52.6 Å². The average Bonchev–Trinajstić information content (AvgIpc) is 3.11. The van der Waals surface area contributed by atoms with Crippen molar-refractivity contribution in [1.82, 2.24) is 19.5 Å². The van der Waals surface area contributed by atoms with Gasteiger partial charge in [-0.1, -0.05) is 26.7 Å². The second-order valence-electron chi connectivity index (χ2n) is 7.54. The maximum atomic E-state index is 12.7. The summed E-state index contributed by atoms with van der Waals surface area (Å²) in [5.74, 6) is 0.933. The first kappa shape index (κ1) is 17.3. The number of nitrogens with one attached hydrogen (secondary N) is 1. The highest BCUT2D eigenvalue weighted by Crippen LogP contribution is 2.29. The van der Waals surface area contributed by atoms with E-state index in [9.17, 15) is 9.59 Å². The molecule has 0 bridgehead atoms. The van der Waals surface area contributed by atoms with Crippen molar-refractivity contribution in [3.63, 3.8) is 0 Å². The summed E-state index contributed by atoms with van der Waals surface area (Å²) >= 11 is 1.65. The predicted molar refractivity (Wildman–Crippen MR) is 104 cm³/mol. The number of carbonyl (C=O) groups is 1. The van der Waals surface area contributed by atoms with Gasteiger partial charge < -0.3 is 5.32 Å². The first-order valence-corrected chi connectivity index (χ1v) is 10.0. The first-order valence-electron chi connectivity index (χ1n) is 9.20. The number of fused-ring (bicyclic) bond motifs is 3. The Morgan fingerprint density at radius 3 is 2.92 bits per heavy atom. The van der Waals surface area contributed by atoms with Crippen LogP contribution in [0.25, 0.3) is 15.7 Å². The molecule has 1 aliphatic carbocycles. The van der Waals surface area contributed by atoms with E-state index in [2.05, 4.69) is 30.3 Å². The summed E-state index contributed by atoms with van der Waals surface area (Å²) in [7, 11) is 0. The van der Waals surface area contributed by atoms with Gasteiger partial charge in [0.05, 0.1) is 10.2 Å². The summed E-state index contributed by atoms with van der Waals surface area (Å²) in [4.78, 5) is 26.4. The highest BCUT2D eigenvalue weighted by molar-refractivity contribution is 7.19. The number of aromatic nitrogens is 3. The Hall–Kier alpha value is -2.15. The molecular formula is C19H24N4O2S. The molecule has 3 aromatic heterocycles. The standard InChI is InChI=1S/C19H24N4O2S/c1-11-5-4-6-14(13(11)3)21-18(24)9-23-19(25)16-8-17-15(7-12(2)26-17)22(16)10-20-23/h7-8,10-11,13-14H,4-6,9H2,1-3H3,(H,21,24). The Morgan fingerprint density at radius 1 is 1.31 bits per heavy atom. The summed E-state index contributed by atoms with van der Waals surface area (Å²) < 4.78 is 4.13. The van der Waals surface area contributed by atoms with Crippen molar-refractivity contribution in [1.29, 1.82) is 0 Å². The lowest BCUT2D eigenvalue weighted by atomic mass is 9.78. The molecule has 4 rings (SSSR count). The summed E-state index contributed by atoms with van der Waals surface area (Å²) in [6.07, 6.45) is 4.99. The van der Waals surface area contributed by atoms with Gasteiger partial charge in [0.15, 0.2) is 0 Å². The van der Waals surface area contributed by atoms with Crippen LogP contribution in [-0.4, -0.2) is 26.1 Å². The van der Waals surface area contributed by atoms with Crippen molar-refractivity contribution in [2.75, 3.05) is 0 Å². The van der Waals surface area contributed by atoms with Gasteiger partial charge in [-0.05, 0) is 37.3 Å². The second-order valence-corrected chi connectivity index (χ2v) is 8.83. The largest absolute Gasteiger partial charge is 0.351 e. The Morgan fingerprint density at radius 2 is 2.12 bits per heavy atom. The van der Waals surface area contributed by atoms with Gasteiger partial charge in [-0.3, -0.25) is 14.0 Å². The minimum atomic E-state index is -0.228. The Balaban J connectivity index is 1.56. The molecule has 1 aliphatic rings. The molecule has 0 saturated heterocycles. The third-order valence-electron chi connectivity index (χ3n) is 5.76. The van der Waals surface area contributed by atoms with Crippen LogP contribution in [0.4, 0.5) is 0 Å². The van der Waals surface area contributed by atoms with Gasteiger partial charge >= 0.3 is 0 Å². The highest BCUT2D eigenvalue weighted by atomic mass is 32.1. The monoisotopic (exact) mass is 372 g/mol. The van der Waals surface area contributed by atoms with E-state index in [1.54, 1.807) is 22.1 Å². The molecule has 3 heterocycles. The molecule has 0 spiro atoms. The molecule has 26 heavy (non-hydrogen) atoms. The molecule has 1 saturated carbocycles. The van der Waals surface area contributed by atoms with Gasteiger partial charge in [0.2, 0.25) is 5.91 Å². The topological polar surface area (TPSA) is 68.4 Å². The van der Waals surface area contributed by atoms with Crippen LogP contribution in [0.15, 0.2) is 23.3 Å². The lowest BCUT2D eigenvalue weighted by molar-refractivity contribution is -0.123. The Labute approximate surface area is 155 Å². The molecule has 3 atom stereocenters.